The fraction of sp³-hybridized carbons (Fsp3) is 0.0588. The zero-order chi connectivity index (χ0) is 13.5. The number of benzene rings is 2. The van der Waals surface area contributed by atoms with Crippen LogP contribution >= 0.6 is 0 Å². The van der Waals surface area contributed by atoms with E-state index < -0.39 is 0 Å². The number of nitrogens with two attached hydrogens (primary N) is 1. The number of hydrogen-bond acceptors (Lipinski definition) is 3. The smallest absolute Gasteiger partial charge is 0.135 e. The lowest BCUT2D eigenvalue weighted by atomic mass is 10.0. The minimum Gasteiger partial charge on any atom is -0.467 e. The minimum absolute atomic E-state index is 0.261. The van der Waals surface area contributed by atoms with E-state index in [2.05, 4.69) is 12.1 Å². The van der Waals surface area contributed by atoms with Gasteiger partial charge in [-0.15, -0.1) is 0 Å². The molecule has 4 rings (SSSR count). The van der Waals surface area contributed by atoms with E-state index >= 15 is 0 Å². The molecule has 2 aromatic carbocycles. The average molecular weight is 263 g/mol. The van der Waals surface area contributed by atoms with Crippen LogP contribution in [0.2, 0.25) is 0 Å². The van der Waals surface area contributed by atoms with E-state index in [0.717, 1.165) is 33.3 Å². The number of para-hydroxylation sites is 1. The summed E-state index contributed by atoms with van der Waals surface area (Å²) in [4.78, 5) is 0. The molecule has 0 saturated carbocycles. The van der Waals surface area contributed by atoms with Crippen molar-refractivity contribution in [3.05, 3.63) is 72.2 Å². The van der Waals surface area contributed by atoms with Gasteiger partial charge in [0, 0.05) is 10.8 Å². The summed E-state index contributed by atoms with van der Waals surface area (Å²) in [5.41, 5.74) is 9.02. The van der Waals surface area contributed by atoms with Gasteiger partial charge in [-0.3, -0.25) is 0 Å². The van der Waals surface area contributed by atoms with Crippen LogP contribution < -0.4 is 5.73 Å². The zero-order valence-corrected chi connectivity index (χ0v) is 10.7. The molecule has 98 valence electrons. The lowest BCUT2D eigenvalue weighted by Gasteiger charge is -2.08. The summed E-state index contributed by atoms with van der Waals surface area (Å²) in [6.45, 7) is 0. The van der Waals surface area contributed by atoms with Crippen molar-refractivity contribution in [2.45, 2.75) is 6.04 Å². The monoisotopic (exact) mass is 263 g/mol. The Hall–Kier alpha value is -2.52. The van der Waals surface area contributed by atoms with Gasteiger partial charge in [0.05, 0.1) is 12.3 Å². The van der Waals surface area contributed by atoms with Gasteiger partial charge in [-0.25, -0.2) is 0 Å². The van der Waals surface area contributed by atoms with Gasteiger partial charge in [0.15, 0.2) is 0 Å². The fourth-order valence-electron chi connectivity index (χ4n) is 2.57. The first-order valence-electron chi connectivity index (χ1n) is 6.53. The Morgan fingerprint density at radius 3 is 2.55 bits per heavy atom. The maximum atomic E-state index is 6.24. The highest BCUT2D eigenvalue weighted by molar-refractivity contribution is 6.05. The highest BCUT2D eigenvalue weighted by Gasteiger charge is 2.14. The normalized spacial score (nSPS) is 13.1. The third-order valence-corrected chi connectivity index (χ3v) is 3.61. The molecule has 0 radical (unpaired) electrons. The Morgan fingerprint density at radius 1 is 0.850 bits per heavy atom. The molecule has 2 N–H and O–H groups in total. The predicted molar refractivity (Wildman–Crippen MR) is 78.5 cm³/mol. The van der Waals surface area contributed by atoms with E-state index in [4.69, 9.17) is 14.6 Å². The minimum atomic E-state index is -0.261. The molecule has 1 atom stereocenters. The maximum Gasteiger partial charge on any atom is 0.135 e. The summed E-state index contributed by atoms with van der Waals surface area (Å²) < 4.78 is 11.2. The summed E-state index contributed by atoms with van der Waals surface area (Å²) in [6, 6.07) is 17.5. The summed E-state index contributed by atoms with van der Waals surface area (Å²) in [5, 5.41) is 2.19. The first kappa shape index (κ1) is 11.3. The fourth-order valence-corrected chi connectivity index (χ4v) is 2.57. The first-order valence-corrected chi connectivity index (χ1v) is 6.53. The molecular weight excluding hydrogens is 250 g/mol. The van der Waals surface area contributed by atoms with E-state index in [1.54, 1.807) is 6.26 Å². The van der Waals surface area contributed by atoms with Gasteiger partial charge in [-0.1, -0.05) is 24.3 Å². The van der Waals surface area contributed by atoms with Crippen molar-refractivity contribution in [3.63, 3.8) is 0 Å². The van der Waals surface area contributed by atoms with Crippen LogP contribution in [0.15, 0.2) is 69.7 Å². The lowest BCUT2D eigenvalue weighted by Crippen LogP contribution is -2.10. The highest BCUT2D eigenvalue weighted by Crippen LogP contribution is 2.31. The van der Waals surface area contributed by atoms with Crippen molar-refractivity contribution in [2.75, 3.05) is 0 Å². The van der Waals surface area contributed by atoms with E-state index in [0.29, 0.717) is 0 Å². The van der Waals surface area contributed by atoms with Crippen molar-refractivity contribution in [1.82, 2.24) is 0 Å². The molecule has 0 aliphatic carbocycles. The van der Waals surface area contributed by atoms with Crippen LogP contribution in [0.25, 0.3) is 21.9 Å². The van der Waals surface area contributed by atoms with E-state index in [1.165, 1.54) is 0 Å². The number of rotatable bonds is 2. The largest absolute Gasteiger partial charge is 0.467 e. The summed E-state index contributed by atoms with van der Waals surface area (Å²) in [5.74, 6) is 0.761. The van der Waals surface area contributed by atoms with Gasteiger partial charge in [0.25, 0.3) is 0 Å². The molecule has 1 unspecified atom stereocenters. The van der Waals surface area contributed by atoms with Crippen molar-refractivity contribution >= 4 is 21.9 Å². The molecular formula is C17H13NO2. The zero-order valence-electron chi connectivity index (χ0n) is 10.7. The molecule has 0 bridgehead atoms. The van der Waals surface area contributed by atoms with Gasteiger partial charge in [-0.05, 0) is 35.9 Å². The van der Waals surface area contributed by atoms with Crippen LogP contribution in [0.3, 0.4) is 0 Å². The molecule has 0 saturated heterocycles. The highest BCUT2D eigenvalue weighted by atomic mass is 16.3. The third kappa shape index (κ3) is 1.64. The molecule has 0 spiro atoms. The molecule has 3 nitrogen and oxygen atoms in total. The molecule has 0 fully saturated rings. The molecule has 0 aliphatic rings. The molecule has 4 aromatic rings. The Morgan fingerprint density at radius 2 is 1.70 bits per heavy atom. The SMILES string of the molecule is NC(c1ccc2oc3ccccc3c2c1)c1ccco1. The van der Waals surface area contributed by atoms with Crippen LogP contribution in [0, 0.1) is 0 Å². The maximum absolute atomic E-state index is 6.24. The molecule has 2 heterocycles. The summed E-state index contributed by atoms with van der Waals surface area (Å²) in [7, 11) is 0. The van der Waals surface area contributed by atoms with Crippen molar-refractivity contribution in [2.24, 2.45) is 5.73 Å². The second-order valence-corrected chi connectivity index (χ2v) is 4.85. The van der Waals surface area contributed by atoms with Gasteiger partial charge in [0.2, 0.25) is 0 Å². The van der Waals surface area contributed by atoms with Crippen LogP contribution in [-0.2, 0) is 0 Å². The van der Waals surface area contributed by atoms with Crippen LogP contribution in [0.1, 0.15) is 17.4 Å². The van der Waals surface area contributed by atoms with Gasteiger partial charge >= 0.3 is 0 Å². The molecule has 20 heavy (non-hydrogen) atoms. The molecule has 0 aliphatic heterocycles. The van der Waals surface area contributed by atoms with Crippen molar-refractivity contribution in [1.29, 1.82) is 0 Å². The quantitative estimate of drug-likeness (QED) is 0.589. The second kappa shape index (κ2) is 4.25. The molecule has 2 aromatic heterocycles. The molecule has 3 heteroatoms. The van der Waals surface area contributed by atoms with Crippen molar-refractivity contribution in [3.8, 4) is 0 Å². The standard InChI is InChI=1S/C17H13NO2/c18-17(16-6-3-9-19-16)11-7-8-15-13(10-11)12-4-1-2-5-14(12)20-15/h1-10,17H,18H2. The lowest BCUT2D eigenvalue weighted by molar-refractivity contribution is 0.490. The van der Waals surface area contributed by atoms with E-state index in [-0.39, 0.29) is 6.04 Å². The Bertz CT molecular complexity index is 874. The van der Waals surface area contributed by atoms with E-state index in [9.17, 15) is 0 Å². The number of furan rings is 2. The predicted octanol–water partition coefficient (Wildman–Crippen LogP) is 4.23. The Kier molecular flexibility index (Phi) is 2.41. The van der Waals surface area contributed by atoms with Gasteiger partial charge < -0.3 is 14.6 Å². The van der Waals surface area contributed by atoms with Crippen LogP contribution in [0.5, 0.6) is 0 Å². The van der Waals surface area contributed by atoms with Crippen LogP contribution in [0.4, 0.5) is 0 Å². The third-order valence-electron chi connectivity index (χ3n) is 3.61. The van der Waals surface area contributed by atoms with Gasteiger partial charge in [0.1, 0.15) is 16.9 Å². The second-order valence-electron chi connectivity index (χ2n) is 4.85. The van der Waals surface area contributed by atoms with Crippen LogP contribution in [-0.4, -0.2) is 0 Å². The topological polar surface area (TPSA) is 52.3 Å². The van der Waals surface area contributed by atoms with E-state index in [1.807, 2.05) is 42.5 Å². The number of fused-ring (bicyclic) bond motifs is 3. The van der Waals surface area contributed by atoms with Crippen molar-refractivity contribution < 1.29 is 8.83 Å². The Labute approximate surface area is 115 Å². The Balaban J connectivity index is 1.91. The summed E-state index contributed by atoms with van der Waals surface area (Å²) >= 11 is 0. The summed E-state index contributed by atoms with van der Waals surface area (Å²) in [6.07, 6.45) is 1.64. The first-order chi connectivity index (χ1) is 9.83. The number of hydrogen-bond donors (Lipinski definition) is 1. The van der Waals surface area contributed by atoms with Gasteiger partial charge in [-0.2, -0.15) is 0 Å². The average Bonchev–Trinajstić information content (AvgIpc) is 3.13. The molecule has 0 amide bonds.